The Bertz CT molecular complexity index is 1330. The molecule has 1 saturated heterocycles. The average Bonchev–Trinajstić information content (AvgIpc) is 3.25. The van der Waals surface area contributed by atoms with Crippen molar-refractivity contribution in [3.05, 3.63) is 70.6 Å². The number of nitrogens with zero attached hydrogens (tertiary/aromatic N) is 5. The van der Waals surface area contributed by atoms with Gasteiger partial charge < -0.3 is 20.2 Å². The highest BCUT2D eigenvalue weighted by molar-refractivity contribution is 9.10. The van der Waals surface area contributed by atoms with E-state index in [0.29, 0.717) is 30.8 Å². The molecule has 0 aliphatic carbocycles. The van der Waals surface area contributed by atoms with E-state index in [4.69, 9.17) is 0 Å². The molecule has 2 aromatic heterocycles. The van der Waals surface area contributed by atoms with Gasteiger partial charge in [0.25, 0.3) is 5.91 Å². The van der Waals surface area contributed by atoms with Crippen LogP contribution in [0, 0.1) is 6.92 Å². The maximum atomic E-state index is 12.9. The van der Waals surface area contributed by atoms with E-state index in [2.05, 4.69) is 51.2 Å². The van der Waals surface area contributed by atoms with Gasteiger partial charge in [0.2, 0.25) is 0 Å². The van der Waals surface area contributed by atoms with E-state index in [-0.39, 0.29) is 18.6 Å². The molecule has 1 aliphatic rings. The normalized spacial score (nSPS) is 16.1. The van der Waals surface area contributed by atoms with Gasteiger partial charge in [0, 0.05) is 36.6 Å². The number of anilines is 3. The van der Waals surface area contributed by atoms with Crippen molar-refractivity contribution in [3.63, 3.8) is 0 Å². The Morgan fingerprint density at radius 2 is 2.03 bits per heavy atom. The van der Waals surface area contributed by atoms with Crippen LogP contribution in [0.1, 0.15) is 15.9 Å². The summed E-state index contributed by atoms with van der Waals surface area (Å²) in [5.41, 5.74) is 3.90. The molecule has 174 valence electrons. The lowest BCUT2D eigenvalue weighted by molar-refractivity contribution is 0.102. The smallest absolute Gasteiger partial charge is 0.255 e. The predicted molar refractivity (Wildman–Crippen MR) is 135 cm³/mol. The molecule has 0 spiro atoms. The van der Waals surface area contributed by atoms with Crippen molar-refractivity contribution in [1.82, 2.24) is 20.2 Å². The van der Waals surface area contributed by atoms with Gasteiger partial charge in [0.05, 0.1) is 18.0 Å². The SMILES string of the molecule is Cc1ccc(C(=O)Nc2ccccc2)cc1N1CCN(c2ncnc3n[nH]c(Br)c23)CC1CO. The van der Waals surface area contributed by atoms with Gasteiger partial charge in [-0.2, -0.15) is 5.10 Å². The van der Waals surface area contributed by atoms with E-state index >= 15 is 0 Å². The van der Waals surface area contributed by atoms with Gasteiger partial charge in [0.15, 0.2) is 5.65 Å². The standard InChI is InChI=1S/C24H24BrN7O2/c1-15-7-8-16(24(34)28-17-5-3-2-4-6-17)11-19(15)32-10-9-31(12-18(32)13-33)23-20-21(25)29-30-22(20)26-14-27-23/h2-8,11,14,18,33H,9-10,12-13H2,1H3,(H,28,34)(H,26,27,29,30). The number of piperazine rings is 1. The van der Waals surface area contributed by atoms with Crippen LogP contribution in [0.4, 0.5) is 17.2 Å². The number of carbonyl (C=O) groups is 1. The Morgan fingerprint density at radius 3 is 2.82 bits per heavy atom. The molecule has 34 heavy (non-hydrogen) atoms. The minimum Gasteiger partial charge on any atom is -0.394 e. The van der Waals surface area contributed by atoms with E-state index in [1.165, 1.54) is 6.33 Å². The molecular formula is C24H24BrN7O2. The summed E-state index contributed by atoms with van der Waals surface area (Å²) in [7, 11) is 0. The lowest BCUT2D eigenvalue weighted by Gasteiger charge is -2.43. The molecule has 1 atom stereocenters. The second kappa shape index (κ2) is 9.40. The molecule has 9 nitrogen and oxygen atoms in total. The first kappa shape index (κ1) is 22.3. The summed E-state index contributed by atoms with van der Waals surface area (Å²) in [4.78, 5) is 25.9. The molecule has 0 saturated carbocycles. The van der Waals surface area contributed by atoms with Gasteiger partial charge in [-0.15, -0.1) is 0 Å². The highest BCUT2D eigenvalue weighted by atomic mass is 79.9. The monoisotopic (exact) mass is 521 g/mol. The number of rotatable bonds is 5. The lowest BCUT2D eigenvalue weighted by atomic mass is 10.0. The number of aromatic nitrogens is 4. The Hall–Kier alpha value is -3.50. The molecule has 0 bridgehead atoms. The number of para-hydroxylation sites is 1. The van der Waals surface area contributed by atoms with E-state index in [1.54, 1.807) is 0 Å². The third-order valence-electron chi connectivity index (χ3n) is 6.09. The second-order valence-corrected chi connectivity index (χ2v) is 9.02. The van der Waals surface area contributed by atoms with Crippen LogP contribution in [-0.4, -0.2) is 63.5 Å². The Morgan fingerprint density at radius 1 is 1.21 bits per heavy atom. The van der Waals surface area contributed by atoms with E-state index in [0.717, 1.165) is 32.7 Å². The first-order valence-electron chi connectivity index (χ1n) is 11.0. The van der Waals surface area contributed by atoms with Crippen molar-refractivity contribution in [1.29, 1.82) is 0 Å². The second-order valence-electron chi connectivity index (χ2n) is 8.23. The van der Waals surface area contributed by atoms with Crippen LogP contribution in [0.3, 0.4) is 0 Å². The number of fused-ring (bicyclic) bond motifs is 1. The molecule has 1 fully saturated rings. The molecule has 0 radical (unpaired) electrons. The van der Waals surface area contributed by atoms with Gasteiger partial charge in [-0.25, -0.2) is 9.97 Å². The van der Waals surface area contributed by atoms with Crippen LogP contribution in [0.25, 0.3) is 11.0 Å². The molecule has 5 rings (SSSR count). The molecule has 2 aromatic carbocycles. The van der Waals surface area contributed by atoms with Crippen molar-refractivity contribution in [2.75, 3.05) is 41.4 Å². The number of nitrogens with one attached hydrogen (secondary N) is 2. The first-order valence-corrected chi connectivity index (χ1v) is 11.8. The van der Waals surface area contributed by atoms with Gasteiger partial charge in [0.1, 0.15) is 16.7 Å². The number of H-pyrrole nitrogens is 1. The van der Waals surface area contributed by atoms with Gasteiger partial charge >= 0.3 is 0 Å². The first-order chi connectivity index (χ1) is 16.5. The fourth-order valence-corrected chi connectivity index (χ4v) is 4.80. The Balaban J connectivity index is 1.39. The van der Waals surface area contributed by atoms with Crippen LogP contribution in [0.5, 0.6) is 0 Å². The number of amides is 1. The number of hydrogen-bond acceptors (Lipinski definition) is 7. The van der Waals surface area contributed by atoms with Crippen LogP contribution < -0.4 is 15.1 Å². The number of hydrogen-bond donors (Lipinski definition) is 3. The quantitative estimate of drug-likeness (QED) is 0.369. The molecular weight excluding hydrogens is 498 g/mol. The number of aliphatic hydroxyl groups excluding tert-OH is 1. The third kappa shape index (κ3) is 4.22. The fourth-order valence-electron chi connectivity index (χ4n) is 4.35. The van der Waals surface area contributed by atoms with E-state index < -0.39 is 0 Å². The number of aliphatic hydroxyl groups is 1. The molecule has 3 N–H and O–H groups in total. The molecule has 3 heterocycles. The molecule has 4 aromatic rings. The van der Waals surface area contributed by atoms with Crippen LogP contribution in [0.2, 0.25) is 0 Å². The number of carbonyl (C=O) groups excluding carboxylic acids is 1. The average molecular weight is 522 g/mol. The maximum absolute atomic E-state index is 12.9. The van der Waals surface area contributed by atoms with Gasteiger partial charge in [-0.3, -0.25) is 9.89 Å². The summed E-state index contributed by atoms with van der Waals surface area (Å²) in [6.45, 7) is 3.92. The van der Waals surface area contributed by atoms with Crippen molar-refractivity contribution < 1.29 is 9.90 Å². The molecule has 1 aliphatic heterocycles. The topological polar surface area (TPSA) is 110 Å². The zero-order valence-corrected chi connectivity index (χ0v) is 20.2. The van der Waals surface area contributed by atoms with E-state index in [1.807, 2.05) is 55.5 Å². The summed E-state index contributed by atoms with van der Waals surface area (Å²) in [6, 6.07) is 14.9. The highest BCUT2D eigenvalue weighted by Gasteiger charge is 2.30. The zero-order chi connectivity index (χ0) is 23.7. The van der Waals surface area contributed by atoms with Gasteiger partial charge in [-0.05, 0) is 52.7 Å². The molecule has 1 unspecified atom stereocenters. The van der Waals surface area contributed by atoms with Crippen LogP contribution >= 0.6 is 15.9 Å². The number of aryl methyl sites for hydroxylation is 1. The van der Waals surface area contributed by atoms with Crippen LogP contribution in [-0.2, 0) is 0 Å². The predicted octanol–water partition coefficient (Wildman–Crippen LogP) is 3.36. The van der Waals surface area contributed by atoms with Crippen molar-refractivity contribution in [2.24, 2.45) is 0 Å². The summed E-state index contributed by atoms with van der Waals surface area (Å²) in [6.07, 6.45) is 1.50. The van der Waals surface area contributed by atoms with Crippen molar-refractivity contribution in [3.8, 4) is 0 Å². The number of halogens is 1. The minimum absolute atomic E-state index is 0.0306. The Labute approximate surface area is 205 Å². The Kier molecular flexibility index (Phi) is 6.16. The number of aromatic amines is 1. The lowest BCUT2D eigenvalue weighted by Crippen LogP contribution is -2.55. The summed E-state index contributed by atoms with van der Waals surface area (Å²) >= 11 is 3.50. The zero-order valence-electron chi connectivity index (χ0n) is 18.6. The summed E-state index contributed by atoms with van der Waals surface area (Å²) in [5, 5.41) is 21.1. The molecule has 1 amide bonds. The highest BCUT2D eigenvalue weighted by Crippen LogP contribution is 2.32. The minimum atomic E-state index is -0.171. The fraction of sp³-hybridized carbons (Fsp3) is 0.250. The number of benzene rings is 2. The third-order valence-corrected chi connectivity index (χ3v) is 6.67. The van der Waals surface area contributed by atoms with E-state index in [9.17, 15) is 9.90 Å². The summed E-state index contributed by atoms with van der Waals surface area (Å²) in [5.74, 6) is 0.608. The molecule has 10 heteroatoms. The van der Waals surface area contributed by atoms with Gasteiger partial charge in [-0.1, -0.05) is 24.3 Å². The summed E-state index contributed by atoms with van der Waals surface area (Å²) < 4.78 is 0.731. The van der Waals surface area contributed by atoms with Crippen LogP contribution in [0.15, 0.2) is 59.5 Å². The van der Waals surface area contributed by atoms with Crippen molar-refractivity contribution >= 4 is 50.1 Å². The maximum Gasteiger partial charge on any atom is 0.255 e. The largest absolute Gasteiger partial charge is 0.394 e. The van der Waals surface area contributed by atoms with Crippen molar-refractivity contribution in [2.45, 2.75) is 13.0 Å².